The van der Waals surface area contributed by atoms with Gasteiger partial charge in [0.15, 0.2) is 4.80 Å². The van der Waals surface area contributed by atoms with E-state index in [0.29, 0.717) is 34.6 Å². The molecule has 2 heterocycles. The molecule has 0 aliphatic carbocycles. The maximum Gasteiger partial charge on any atom is 0.573 e. The number of fused-ring (bicyclic) bond motifs is 1. The number of hydrogen-bond acceptors (Lipinski definition) is 5. The van der Waals surface area contributed by atoms with Crippen molar-refractivity contribution in [3.63, 3.8) is 0 Å². The van der Waals surface area contributed by atoms with Crippen LogP contribution in [0.15, 0.2) is 48.7 Å². The smallest absolute Gasteiger partial charge is 0.406 e. The van der Waals surface area contributed by atoms with Gasteiger partial charge in [-0.05, 0) is 30.3 Å². The van der Waals surface area contributed by atoms with Crippen molar-refractivity contribution in [2.24, 2.45) is 0 Å². The first kappa shape index (κ1) is 19.1. The number of ether oxygens (including phenoxy) is 1. The van der Waals surface area contributed by atoms with Crippen LogP contribution < -0.4 is 9.54 Å². The quantitative estimate of drug-likeness (QED) is 0.490. The van der Waals surface area contributed by atoms with E-state index in [2.05, 4.69) is 15.0 Å². The number of thiazole rings is 1. The minimum atomic E-state index is -4.77. The van der Waals surface area contributed by atoms with Crippen LogP contribution in [-0.4, -0.2) is 25.9 Å². The lowest BCUT2D eigenvalue weighted by Crippen LogP contribution is -2.17. The first-order valence-electron chi connectivity index (χ1n) is 8.39. The number of aryl methyl sites for hydroxylation is 2. The summed E-state index contributed by atoms with van der Waals surface area (Å²) < 4.78 is 58.6. The summed E-state index contributed by atoms with van der Waals surface area (Å²) in [6.07, 6.45) is -3.17. The molecule has 0 radical (unpaired) electrons. The largest absolute Gasteiger partial charge is 0.573 e. The molecule has 1 N–H and O–H groups in total. The molecule has 2 aromatic heterocycles. The maximum atomic E-state index is 13.9. The van der Waals surface area contributed by atoms with Crippen LogP contribution in [0.5, 0.6) is 5.75 Å². The molecule has 0 unspecified atom stereocenters. The number of nitrogens with one attached hydrogen (secondary N) is 1. The van der Waals surface area contributed by atoms with Crippen molar-refractivity contribution in [1.82, 2.24) is 19.6 Å². The van der Waals surface area contributed by atoms with Crippen molar-refractivity contribution >= 4 is 21.6 Å². The van der Waals surface area contributed by atoms with Gasteiger partial charge in [-0.25, -0.2) is 4.39 Å². The van der Waals surface area contributed by atoms with Crippen LogP contribution in [0, 0.1) is 11.2 Å². The van der Waals surface area contributed by atoms with Crippen LogP contribution >= 0.6 is 11.3 Å². The molecule has 0 aliphatic rings. The van der Waals surface area contributed by atoms with E-state index in [4.69, 9.17) is 5.41 Å². The Kier molecular flexibility index (Phi) is 4.82. The van der Waals surface area contributed by atoms with E-state index in [1.807, 2.05) is 0 Å². The fourth-order valence-corrected chi connectivity index (χ4v) is 3.86. The van der Waals surface area contributed by atoms with Gasteiger partial charge in [-0.2, -0.15) is 0 Å². The van der Waals surface area contributed by atoms with E-state index < -0.39 is 12.2 Å². The fourth-order valence-electron chi connectivity index (χ4n) is 2.89. The molecule has 0 amide bonds. The maximum absolute atomic E-state index is 13.9. The Morgan fingerprint density at radius 1 is 1.10 bits per heavy atom. The van der Waals surface area contributed by atoms with E-state index >= 15 is 0 Å². The zero-order valence-corrected chi connectivity index (χ0v) is 15.5. The molecule has 0 fully saturated rings. The summed E-state index contributed by atoms with van der Waals surface area (Å²) in [4.78, 5) is 0.179. The SMILES string of the molecule is N=c1sc2cc(OC(F)(F)F)ccc2n1CCn1cc(-c2ccccc2F)nn1. The van der Waals surface area contributed by atoms with Gasteiger partial charge in [-0.1, -0.05) is 28.7 Å². The van der Waals surface area contributed by atoms with E-state index in [1.54, 1.807) is 29.0 Å². The molecule has 0 aliphatic heterocycles. The van der Waals surface area contributed by atoms with Gasteiger partial charge < -0.3 is 9.30 Å². The molecule has 0 spiro atoms. The van der Waals surface area contributed by atoms with E-state index in [0.717, 1.165) is 11.3 Å². The molecule has 0 bridgehead atoms. The molecular formula is C18H13F4N5OS. The highest BCUT2D eigenvalue weighted by Gasteiger charge is 2.31. The Morgan fingerprint density at radius 3 is 2.66 bits per heavy atom. The first-order valence-corrected chi connectivity index (χ1v) is 9.20. The van der Waals surface area contributed by atoms with Crippen molar-refractivity contribution in [2.45, 2.75) is 19.5 Å². The van der Waals surface area contributed by atoms with Crippen molar-refractivity contribution in [3.05, 3.63) is 59.3 Å². The number of halogens is 4. The summed E-state index contributed by atoms with van der Waals surface area (Å²) in [5, 5.41) is 16.1. The second-order valence-corrected chi connectivity index (χ2v) is 7.11. The lowest BCUT2D eigenvalue weighted by atomic mass is 10.1. The number of rotatable bonds is 5. The van der Waals surface area contributed by atoms with Crippen molar-refractivity contribution in [2.75, 3.05) is 0 Å². The summed E-state index contributed by atoms with van der Waals surface area (Å²) in [6, 6.07) is 10.2. The van der Waals surface area contributed by atoms with E-state index in [-0.39, 0.29) is 10.6 Å². The highest BCUT2D eigenvalue weighted by Crippen LogP contribution is 2.28. The Morgan fingerprint density at radius 2 is 1.90 bits per heavy atom. The predicted octanol–water partition coefficient (Wildman–Crippen LogP) is 4.18. The van der Waals surface area contributed by atoms with Crippen molar-refractivity contribution in [1.29, 1.82) is 5.41 Å². The normalized spacial score (nSPS) is 11.9. The third-order valence-corrected chi connectivity index (χ3v) is 5.11. The van der Waals surface area contributed by atoms with Gasteiger partial charge in [0.05, 0.1) is 23.0 Å². The Hall–Kier alpha value is -3.21. The van der Waals surface area contributed by atoms with E-state index in [9.17, 15) is 17.6 Å². The van der Waals surface area contributed by atoms with E-state index in [1.165, 1.54) is 28.9 Å². The topological polar surface area (TPSA) is 68.7 Å². The third-order valence-electron chi connectivity index (χ3n) is 4.15. The predicted molar refractivity (Wildman–Crippen MR) is 97.8 cm³/mol. The van der Waals surface area contributed by atoms with Gasteiger partial charge in [0.2, 0.25) is 0 Å². The molecule has 11 heteroatoms. The average molecular weight is 423 g/mol. The van der Waals surface area contributed by atoms with Gasteiger partial charge in [-0.15, -0.1) is 18.3 Å². The Labute approximate surface area is 165 Å². The highest BCUT2D eigenvalue weighted by molar-refractivity contribution is 7.16. The minimum Gasteiger partial charge on any atom is -0.406 e. The Bertz CT molecular complexity index is 1230. The molecule has 0 atom stereocenters. The van der Waals surface area contributed by atoms with Gasteiger partial charge in [0.25, 0.3) is 0 Å². The second-order valence-electron chi connectivity index (χ2n) is 6.08. The molecule has 150 valence electrons. The number of aromatic nitrogens is 4. The van der Waals surface area contributed by atoms with Crippen LogP contribution in [-0.2, 0) is 13.1 Å². The summed E-state index contributed by atoms with van der Waals surface area (Å²) >= 11 is 1.05. The van der Waals surface area contributed by atoms with Crippen molar-refractivity contribution in [3.8, 4) is 17.0 Å². The molecule has 2 aromatic carbocycles. The summed E-state index contributed by atoms with van der Waals surface area (Å²) in [7, 11) is 0. The summed E-state index contributed by atoms with van der Waals surface area (Å²) in [5.74, 6) is -0.729. The molecule has 6 nitrogen and oxygen atoms in total. The molecular weight excluding hydrogens is 410 g/mol. The Balaban J connectivity index is 1.54. The van der Waals surface area contributed by atoms with Crippen molar-refractivity contribution < 1.29 is 22.3 Å². The van der Waals surface area contributed by atoms with Gasteiger partial charge in [0.1, 0.15) is 17.3 Å². The van der Waals surface area contributed by atoms with Gasteiger partial charge >= 0.3 is 6.36 Å². The van der Waals surface area contributed by atoms with Crippen LogP contribution in [0.1, 0.15) is 0 Å². The molecule has 4 rings (SSSR count). The summed E-state index contributed by atoms with van der Waals surface area (Å²) in [5.41, 5.74) is 1.35. The number of alkyl halides is 3. The number of benzene rings is 2. The number of nitrogens with zero attached hydrogens (tertiary/aromatic N) is 4. The zero-order valence-electron chi connectivity index (χ0n) is 14.7. The molecule has 0 saturated carbocycles. The van der Waals surface area contributed by atoms with Crippen LogP contribution in [0.2, 0.25) is 0 Å². The second kappa shape index (κ2) is 7.32. The standard InChI is InChI=1S/C18H13F4N5OS/c19-13-4-2-1-3-12(13)14-10-26(25-24-14)7-8-27-15-6-5-11(28-18(20,21)22)9-16(15)29-17(27)23/h1-6,9-10,23H,7-8H2. The average Bonchev–Trinajstić information content (AvgIpc) is 3.22. The number of hydrogen-bond donors (Lipinski definition) is 1. The minimum absolute atomic E-state index is 0.179. The highest BCUT2D eigenvalue weighted by atomic mass is 32.1. The van der Waals surface area contributed by atoms with Gasteiger partial charge in [-0.3, -0.25) is 10.1 Å². The zero-order chi connectivity index (χ0) is 20.6. The van der Waals surface area contributed by atoms with Gasteiger partial charge in [0, 0.05) is 12.1 Å². The fraction of sp³-hybridized carbons (Fsp3) is 0.167. The molecule has 29 heavy (non-hydrogen) atoms. The molecule has 0 saturated heterocycles. The van der Waals surface area contributed by atoms with Crippen LogP contribution in [0.3, 0.4) is 0 Å². The third kappa shape index (κ3) is 4.14. The lowest BCUT2D eigenvalue weighted by molar-refractivity contribution is -0.274. The molecule has 4 aromatic rings. The lowest BCUT2D eigenvalue weighted by Gasteiger charge is -2.09. The monoisotopic (exact) mass is 423 g/mol. The summed E-state index contributed by atoms with van der Waals surface area (Å²) in [6.45, 7) is 0.697. The van der Waals surface area contributed by atoms with Crippen LogP contribution in [0.25, 0.3) is 21.5 Å². The first-order chi connectivity index (χ1) is 13.8. The van der Waals surface area contributed by atoms with Crippen LogP contribution in [0.4, 0.5) is 17.6 Å².